The zero-order chi connectivity index (χ0) is 26.3. The number of carbonyl (C=O) groups excluding carboxylic acids is 3. The summed E-state index contributed by atoms with van der Waals surface area (Å²) in [5, 5.41) is 18.5. The molecule has 2 rings (SSSR count). The minimum absolute atomic E-state index is 0.0656. The number of rotatable bonds is 12. The zero-order valence-corrected chi connectivity index (χ0v) is 21.3. The molecule has 0 aliphatic rings. The monoisotopic (exact) mass is 505 g/mol. The molecule has 35 heavy (non-hydrogen) atoms. The van der Waals surface area contributed by atoms with E-state index in [0.29, 0.717) is 0 Å². The average molecular weight is 506 g/mol. The second-order valence-electron chi connectivity index (χ2n) is 9.21. The SMILES string of the molecule is CC(C)C(NC(=O)C(N)CS)C(=O)NC(C(=O)NC(Cc1c[nH]c2ccccc12)C(=O)O)C(C)C. The summed E-state index contributed by atoms with van der Waals surface area (Å²) >= 11 is 4.00. The summed E-state index contributed by atoms with van der Waals surface area (Å²) in [5.41, 5.74) is 7.31. The lowest BCUT2D eigenvalue weighted by Gasteiger charge is -2.28. The van der Waals surface area contributed by atoms with Gasteiger partial charge in [-0.2, -0.15) is 12.6 Å². The summed E-state index contributed by atoms with van der Waals surface area (Å²) in [5.74, 6) is -3.41. The number of hydrogen-bond acceptors (Lipinski definition) is 6. The van der Waals surface area contributed by atoms with Gasteiger partial charge in [0.15, 0.2) is 0 Å². The fraction of sp³-hybridized carbons (Fsp3) is 0.500. The topological polar surface area (TPSA) is 166 Å². The summed E-state index contributed by atoms with van der Waals surface area (Å²) in [6.07, 6.45) is 1.79. The van der Waals surface area contributed by atoms with Gasteiger partial charge in [0, 0.05) is 29.3 Å². The Balaban J connectivity index is 2.15. The second kappa shape index (κ2) is 12.6. The predicted molar refractivity (Wildman–Crippen MR) is 137 cm³/mol. The van der Waals surface area contributed by atoms with Crippen LogP contribution in [0.25, 0.3) is 10.9 Å². The van der Waals surface area contributed by atoms with Crippen molar-refractivity contribution < 1.29 is 24.3 Å². The summed E-state index contributed by atoms with van der Waals surface area (Å²) in [4.78, 5) is 53.3. The van der Waals surface area contributed by atoms with Gasteiger partial charge in [-0.3, -0.25) is 14.4 Å². The molecule has 192 valence electrons. The van der Waals surface area contributed by atoms with Crippen LogP contribution in [0.1, 0.15) is 33.3 Å². The third-order valence-corrected chi connectivity index (χ3v) is 6.13. The number of hydrogen-bond donors (Lipinski definition) is 7. The average Bonchev–Trinajstić information content (AvgIpc) is 3.21. The molecular formula is C24H35N5O5S. The highest BCUT2D eigenvalue weighted by atomic mass is 32.1. The maximum absolute atomic E-state index is 13.1. The first-order valence-corrected chi connectivity index (χ1v) is 12.1. The van der Waals surface area contributed by atoms with Crippen LogP contribution in [0.2, 0.25) is 0 Å². The van der Waals surface area contributed by atoms with Gasteiger partial charge < -0.3 is 31.8 Å². The van der Waals surface area contributed by atoms with Crippen LogP contribution in [0.4, 0.5) is 0 Å². The molecule has 4 unspecified atom stereocenters. The van der Waals surface area contributed by atoms with Gasteiger partial charge in [0.2, 0.25) is 17.7 Å². The number of nitrogens with one attached hydrogen (secondary N) is 4. The van der Waals surface area contributed by atoms with Gasteiger partial charge in [-0.05, 0) is 23.5 Å². The van der Waals surface area contributed by atoms with Crippen LogP contribution in [-0.2, 0) is 25.6 Å². The molecule has 1 heterocycles. The Morgan fingerprint density at radius 3 is 2.03 bits per heavy atom. The molecule has 7 N–H and O–H groups in total. The lowest BCUT2D eigenvalue weighted by Crippen LogP contribution is -2.59. The number of benzene rings is 1. The summed E-state index contributed by atoms with van der Waals surface area (Å²) in [6, 6.07) is 3.46. The molecule has 0 fully saturated rings. The fourth-order valence-corrected chi connectivity index (χ4v) is 3.80. The first-order chi connectivity index (χ1) is 16.5. The van der Waals surface area contributed by atoms with Crippen LogP contribution in [0.15, 0.2) is 30.5 Å². The van der Waals surface area contributed by atoms with E-state index in [0.717, 1.165) is 16.5 Å². The number of nitrogens with two attached hydrogens (primary N) is 1. The highest BCUT2D eigenvalue weighted by molar-refractivity contribution is 7.80. The summed E-state index contributed by atoms with van der Waals surface area (Å²) in [6.45, 7) is 6.98. The number of carbonyl (C=O) groups is 4. The Bertz CT molecular complexity index is 1050. The van der Waals surface area contributed by atoms with Crippen molar-refractivity contribution in [3.63, 3.8) is 0 Å². The first kappa shape index (κ1) is 28.2. The van der Waals surface area contributed by atoms with Crippen LogP contribution in [0, 0.1) is 11.8 Å². The molecule has 0 spiro atoms. The lowest BCUT2D eigenvalue weighted by atomic mass is 9.98. The Morgan fingerprint density at radius 1 is 0.943 bits per heavy atom. The number of carboxylic acid groups (broad SMARTS) is 1. The second-order valence-corrected chi connectivity index (χ2v) is 9.58. The van der Waals surface area contributed by atoms with E-state index in [1.165, 1.54) is 0 Å². The van der Waals surface area contributed by atoms with E-state index < -0.39 is 47.9 Å². The smallest absolute Gasteiger partial charge is 0.326 e. The number of amides is 3. The van der Waals surface area contributed by atoms with Gasteiger partial charge in [0.05, 0.1) is 6.04 Å². The van der Waals surface area contributed by atoms with E-state index in [1.807, 2.05) is 24.3 Å². The van der Waals surface area contributed by atoms with Gasteiger partial charge in [-0.25, -0.2) is 4.79 Å². The van der Waals surface area contributed by atoms with Crippen molar-refractivity contribution in [1.29, 1.82) is 0 Å². The summed E-state index contributed by atoms with van der Waals surface area (Å²) in [7, 11) is 0. The minimum atomic E-state index is -1.20. The van der Waals surface area contributed by atoms with Gasteiger partial charge in [0.1, 0.15) is 18.1 Å². The van der Waals surface area contributed by atoms with E-state index >= 15 is 0 Å². The maximum atomic E-state index is 13.1. The maximum Gasteiger partial charge on any atom is 0.326 e. The Morgan fingerprint density at radius 2 is 1.49 bits per heavy atom. The van der Waals surface area contributed by atoms with Gasteiger partial charge in [-0.1, -0.05) is 45.9 Å². The number of carboxylic acids is 1. The molecule has 4 atom stereocenters. The Labute approximate surface area is 210 Å². The van der Waals surface area contributed by atoms with E-state index in [-0.39, 0.29) is 24.0 Å². The van der Waals surface area contributed by atoms with E-state index in [9.17, 15) is 24.3 Å². The van der Waals surface area contributed by atoms with Crippen molar-refractivity contribution in [1.82, 2.24) is 20.9 Å². The van der Waals surface area contributed by atoms with Crippen molar-refractivity contribution in [2.24, 2.45) is 17.6 Å². The molecule has 11 heteroatoms. The molecule has 1 aromatic heterocycles. The van der Waals surface area contributed by atoms with Gasteiger partial charge >= 0.3 is 5.97 Å². The van der Waals surface area contributed by atoms with Crippen molar-refractivity contribution in [3.05, 3.63) is 36.0 Å². The number of aliphatic carboxylic acids is 1. The summed E-state index contributed by atoms with van der Waals surface area (Å²) < 4.78 is 0. The van der Waals surface area contributed by atoms with Crippen LogP contribution in [0.5, 0.6) is 0 Å². The van der Waals surface area contributed by atoms with E-state index in [4.69, 9.17) is 5.73 Å². The molecule has 0 aliphatic carbocycles. The zero-order valence-electron chi connectivity index (χ0n) is 20.4. The van der Waals surface area contributed by atoms with Crippen molar-refractivity contribution >= 4 is 47.2 Å². The number of aromatic nitrogens is 1. The van der Waals surface area contributed by atoms with Crippen LogP contribution in [-0.4, -0.2) is 63.7 Å². The highest BCUT2D eigenvalue weighted by Gasteiger charge is 2.33. The molecule has 1 aromatic carbocycles. The molecule has 0 saturated carbocycles. The molecule has 0 radical (unpaired) electrons. The molecule has 3 amide bonds. The Hall–Kier alpha value is -3.05. The number of fused-ring (bicyclic) bond motifs is 1. The van der Waals surface area contributed by atoms with Crippen LogP contribution >= 0.6 is 12.6 Å². The van der Waals surface area contributed by atoms with Crippen molar-refractivity contribution in [2.75, 3.05) is 5.75 Å². The fourth-order valence-electron chi connectivity index (χ4n) is 3.64. The quantitative estimate of drug-likeness (QED) is 0.211. The van der Waals surface area contributed by atoms with Gasteiger partial charge in [-0.15, -0.1) is 0 Å². The molecular weight excluding hydrogens is 470 g/mol. The third kappa shape index (κ3) is 7.46. The number of thiol groups is 1. The minimum Gasteiger partial charge on any atom is -0.480 e. The highest BCUT2D eigenvalue weighted by Crippen LogP contribution is 2.19. The molecule has 0 bridgehead atoms. The third-order valence-electron chi connectivity index (χ3n) is 5.74. The predicted octanol–water partition coefficient (Wildman–Crippen LogP) is 0.819. The lowest BCUT2D eigenvalue weighted by molar-refractivity contribution is -0.142. The number of H-pyrrole nitrogens is 1. The Kier molecular flexibility index (Phi) is 10.1. The van der Waals surface area contributed by atoms with E-state index in [2.05, 4.69) is 33.6 Å². The largest absolute Gasteiger partial charge is 0.480 e. The van der Waals surface area contributed by atoms with E-state index in [1.54, 1.807) is 33.9 Å². The number of para-hydroxylation sites is 1. The normalized spacial score (nSPS) is 14.9. The molecule has 2 aromatic rings. The number of aromatic amines is 1. The van der Waals surface area contributed by atoms with Crippen LogP contribution in [0.3, 0.4) is 0 Å². The van der Waals surface area contributed by atoms with Crippen molar-refractivity contribution in [2.45, 2.75) is 58.3 Å². The molecule has 10 nitrogen and oxygen atoms in total. The standard InChI is InChI=1S/C24H35N5O5S/c1-12(2)19(29-23(32)20(13(3)4)28-21(30)16(25)11-35)22(31)27-18(24(33)34)9-14-10-26-17-8-6-5-7-15(14)17/h5-8,10,12-13,16,18-20,26,35H,9,11,25H2,1-4H3,(H,27,31)(H,28,30)(H,29,32)(H,33,34). The molecule has 0 saturated heterocycles. The van der Waals surface area contributed by atoms with Crippen molar-refractivity contribution in [3.8, 4) is 0 Å². The van der Waals surface area contributed by atoms with Gasteiger partial charge in [0.25, 0.3) is 0 Å². The first-order valence-electron chi connectivity index (χ1n) is 11.5. The molecule has 0 aliphatic heterocycles. The van der Waals surface area contributed by atoms with Crippen LogP contribution < -0.4 is 21.7 Å².